The van der Waals surface area contributed by atoms with Crippen molar-refractivity contribution in [3.8, 4) is 0 Å². The van der Waals surface area contributed by atoms with Gasteiger partial charge in [0, 0.05) is 49.5 Å². The van der Waals surface area contributed by atoms with Gasteiger partial charge in [-0.15, -0.1) is 0 Å². The standard InChI is InChI=1S/C19H29N3.C4H4O4/c1-15(2)13-22(17-8-10-20-11-9-17)14-18-12-16-6-4-5-7-19(16)21(18)3;5-3(6)1-2-4(7)8/h4-7,12,15,17,20H,8-11,13-14H2,1-3H3;1-2H,(H,5,6)(H,7,8). The maximum atomic E-state index is 9.55. The lowest BCUT2D eigenvalue weighted by Crippen LogP contribution is -2.44. The lowest BCUT2D eigenvalue weighted by atomic mass is 10.0. The van der Waals surface area contributed by atoms with Crippen molar-refractivity contribution in [2.24, 2.45) is 13.0 Å². The summed E-state index contributed by atoms with van der Waals surface area (Å²) in [6.07, 6.45) is 3.66. The molecule has 3 rings (SSSR count). The predicted octanol–water partition coefficient (Wildman–Crippen LogP) is 3.10. The van der Waals surface area contributed by atoms with Crippen LogP contribution in [0.3, 0.4) is 0 Å². The third-order valence-electron chi connectivity index (χ3n) is 5.21. The monoisotopic (exact) mass is 415 g/mol. The van der Waals surface area contributed by atoms with Crippen LogP contribution in [0.15, 0.2) is 42.5 Å². The van der Waals surface area contributed by atoms with E-state index in [-0.39, 0.29) is 0 Å². The second-order valence-corrected chi connectivity index (χ2v) is 8.07. The molecule has 1 aromatic heterocycles. The molecule has 0 bridgehead atoms. The maximum absolute atomic E-state index is 9.55. The van der Waals surface area contributed by atoms with Crippen molar-refractivity contribution >= 4 is 22.8 Å². The van der Waals surface area contributed by atoms with Gasteiger partial charge in [0.25, 0.3) is 0 Å². The molecule has 2 heterocycles. The Labute approximate surface area is 178 Å². The van der Waals surface area contributed by atoms with Crippen molar-refractivity contribution in [2.45, 2.75) is 39.3 Å². The van der Waals surface area contributed by atoms with Gasteiger partial charge in [-0.2, -0.15) is 0 Å². The van der Waals surface area contributed by atoms with Crippen LogP contribution in [0, 0.1) is 5.92 Å². The summed E-state index contributed by atoms with van der Waals surface area (Å²) in [7, 11) is 2.20. The number of carboxylic acids is 2. The normalized spacial score (nSPS) is 15.0. The van der Waals surface area contributed by atoms with E-state index in [0.717, 1.165) is 25.7 Å². The number of nitrogens with one attached hydrogen (secondary N) is 1. The first-order chi connectivity index (χ1) is 14.3. The smallest absolute Gasteiger partial charge is 0.328 e. The number of piperidine rings is 1. The zero-order valence-corrected chi connectivity index (χ0v) is 18.0. The first-order valence-electron chi connectivity index (χ1n) is 10.4. The number of nitrogens with zero attached hydrogens (tertiary/aromatic N) is 2. The van der Waals surface area contributed by atoms with Crippen molar-refractivity contribution in [3.63, 3.8) is 0 Å². The van der Waals surface area contributed by atoms with Crippen molar-refractivity contribution in [3.05, 3.63) is 48.2 Å². The minimum absolute atomic E-state index is 0.558. The number of aromatic nitrogens is 1. The highest BCUT2D eigenvalue weighted by molar-refractivity contribution is 5.89. The van der Waals surface area contributed by atoms with Gasteiger partial charge >= 0.3 is 11.9 Å². The lowest BCUT2D eigenvalue weighted by molar-refractivity contribution is -0.134. The predicted molar refractivity (Wildman–Crippen MR) is 118 cm³/mol. The number of benzene rings is 1. The highest BCUT2D eigenvalue weighted by Crippen LogP contribution is 2.22. The molecule has 0 aliphatic carbocycles. The molecule has 1 fully saturated rings. The number of rotatable bonds is 7. The summed E-state index contributed by atoms with van der Waals surface area (Å²) in [6, 6.07) is 11.8. The van der Waals surface area contributed by atoms with Crippen LogP contribution >= 0.6 is 0 Å². The number of carboxylic acid groups (broad SMARTS) is 2. The Bertz CT molecular complexity index is 850. The molecule has 3 N–H and O–H groups in total. The fourth-order valence-electron chi connectivity index (χ4n) is 3.83. The summed E-state index contributed by atoms with van der Waals surface area (Å²) >= 11 is 0. The quantitative estimate of drug-likeness (QED) is 0.602. The van der Waals surface area contributed by atoms with Crippen LogP contribution in [0.2, 0.25) is 0 Å². The van der Waals surface area contributed by atoms with Gasteiger partial charge in [-0.1, -0.05) is 32.0 Å². The Morgan fingerprint density at radius 2 is 1.77 bits per heavy atom. The molecular weight excluding hydrogens is 382 g/mol. The van der Waals surface area contributed by atoms with E-state index < -0.39 is 11.9 Å². The zero-order chi connectivity index (χ0) is 22.1. The molecule has 0 amide bonds. The first-order valence-corrected chi connectivity index (χ1v) is 10.4. The Hall–Kier alpha value is -2.64. The Balaban J connectivity index is 0.000000343. The SMILES string of the molecule is CC(C)CN(Cc1cc2ccccc2n1C)C1CCNCC1.O=C(O)C=CC(=O)O. The second kappa shape index (κ2) is 11.5. The number of aryl methyl sites for hydroxylation is 1. The topological polar surface area (TPSA) is 94.8 Å². The van der Waals surface area contributed by atoms with Crippen LogP contribution < -0.4 is 5.32 Å². The summed E-state index contributed by atoms with van der Waals surface area (Å²) in [5, 5.41) is 20.5. The van der Waals surface area contributed by atoms with Crippen LogP contribution in [-0.4, -0.2) is 57.3 Å². The molecule has 1 aliphatic heterocycles. The molecule has 0 unspecified atom stereocenters. The van der Waals surface area contributed by atoms with Crippen LogP contribution in [0.5, 0.6) is 0 Å². The van der Waals surface area contributed by atoms with Crippen molar-refractivity contribution < 1.29 is 19.8 Å². The molecule has 30 heavy (non-hydrogen) atoms. The number of fused-ring (bicyclic) bond motifs is 1. The molecule has 164 valence electrons. The van der Waals surface area contributed by atoms with Gasteiger partial charge in [0.05, 0.1) is 0 Å². The van der Waals surface area contributed by atoms with E-state index in [1.165, 1.54) is 36.0 Å². The molecule has 1 aliphatic rings. The van der Waals surface area contributed by atoms with Gasteiger partial charge in [-0.3, -0.25) is 4.90 Å². The average molecular weight is 416 g/mol. The Kier molecular flexibility index (Phi) is 9.08. The van der Waals surface area contributed by atoms with E-state index in [0.29, 0.717) is 18.1 Å². The summed E-state index contributed by atoms with van der Waals surface area (Å²) < 4.78 is 2.36. The number of para-hydroxylation sites is 1. The minimum atomic E-state index is -1.26. The molecule has 7 heteroatoms. The molecule has 0 spiro atoms. The van der Waals surface area contributed by atoms with Crippen LogP contribution in [0.1, 0.15) is 32.4 Å². The number of carbonyl (C=O) groups is 2. The summed E-state index contributed by atoms with van der Waals surface area (Å²) in [4.78, 5) is 21.8. The third kappa shape index (κ3) is 7.31. The fourth-order valence-corrected chi connectivity index (χ4v) is 3.83. The Morgan fingerprint density at radius 3 is 2.30 bits per heavy atom. The van der Waals surface area contributed by atoms with E-state index in [1.54, 1.807) is 0 Å². The van der Waals surface area contributed by atoms with E-state index in [4.69, 9.17) is 10.2 Å². The van der Waals surface area contributed by atoms with Gasteiger partial charge in [-0.25, -0.2) is 9.59 Å². The van der Waals surface area contributed by atoms with Crippen LogP contribution in [0.4, 0.5) is 0 Å². The zero-order valence-electron chi connectivity index (χ0n) is 18.0. The fraction of sp³-hybridized carbons (Fsp3) is 0.478. The van der Waals surface area contributed by atoms with Gasteiger partial charge in [0.15, 0.2) is 0 Å². The van der Waals surface area contributed by atoms with E-state index in [2.05, 4.69) is 66.0 Å². The van der Waals surface area contributed by atoms with Crippen molar-refractivity contribution in [2.75, 3.05) is 19.6 Å². The van der Waals surface area contributed by atoms with Crippen LogP contribution in [-0.2, 0) is 23.2 Å². The third-order valence-corrected chi connectivity index (χ3v) is 5.21. The average Bonchev–Trinajstić information content (AvgIpc) is 3.02. The summed E-state index contributed by atoms with van der Waals surface area (Å²) in [6.45, 7) is 9.23. The number of hydrogen-bond acceptors (Lipinski definition) is 4. The highest BCUT2D eigenvalue weighted by atomic mass is 16.4. The molecule has 7 nitrogen and oxygen atoms in total. The molecule has 2 aromatic rings. The lowest BCUT2D eigenvalue weighted by Gasteiger charge is -2.35. The summed E-state index contributed by atoms with van der Waals surface area (Å²) in [5.41, 5.74) is 2.77. The first kappa shape index (κ1) is 23.6. The molecule has 0 radical (unpaired) electrons. The number of aliphatic carboxylic acids is 2. The van der Waals surface area contributed by atoms with E-state index >= 15 is 0 Å². The molecule has 0 atom stereocenters. The van der Waals surface area contributed by atoms with Crippen molar-refractivity contribution in [1.29, 1.82) is 0 Å². The second-order valence-electron chi connectivity index (χ2n) is 8.07. The Morgan fingerprint density at radius 1 is 1.17 bits per heavy atom. The van der Waals surface area contributed by atoms with E-state index in [9.17, 15) is 9.59 Å². The van der Waals surface area contributed by atoms with Gasteiger partial charge < -0.3 is 20.1 Å². The minimum Gasteiger partial charge on any atom is -0.478 e. The maximum Gasteiger partial charge on any atom is 0.328 e. The van der Waals surface area contributed by atoms with Gasteiger partial charge in [-0.05, 0) is 49.4 Å². The molecule has 1 saturated heterocycles. The molecule has 0 saturated carbocycles. The van der Waals surface area contributed by atoms with Gasteiger partial charge in [0.1, 0.15) is 0 Å². The van der Waals surface area contributed by atoms with E-state index in [1.807, 2.05) is 0 Å². The van der Waals surface area contributed by atoms with Gasteiger partial charge in [0.2, 0.25) is 0 Å². The summed E-state index contributed by atoms with van der Waals surface area (Å²) in [5.74, 6) is -1.80. The molecule has 1 aromatic carbocycles. The highest BCUT2D eigenvalue weighted by Gasteiger charge is 2.22. The largest absolute Gasteiger partial charge is 0.478 e. The molecular formula is C23H33N3O4. The number of hydrogen-bond donors (Lipinski definition) is 3. The van der Waals surface area contributed by atoms with Crippen molar-refractivity contribution in [1.82, 2.24) is 14.8 Å². The van der Waals surface area contributed by atoms with Crippen LogP contribution in [0.25, 0.3) is 10.9 Å².